The zero-order valence-corrected chi connectivity index (χ0v) is 12.6. The average Bonchev–Trinajstić information content (AvgIpc) is 2.79. The number of aryl methyl sites for hydroxylation is 1. The lowest BCUT2D eigenvalue weighted by Gasteiger charge is -2.17. The molecule has 0 aliphatic rings. The Morgan fingerprint density at radius 2 is 1.84 bits per heavy atom. The third kappa shape index (κ3) is 3.53. The van der Waals surface area contributed by atoms with Gasteiger partial charge in [-0.05, 0) is 49.7 Å². The van der Waals surface area contributed by atoms with Crippen LogP contribution in [0.3, 0.4) is 0 Å². The van der Waals surface area contributed by atoms with Crippen LogP contribution in [-0.4, -0.2) is 6.54 Å². The smallest absolute Gasteiger partial charge is 0.121 e. The number of furan rings is 1. The minimum Gasteiger partial charge on any atom is -0.465 e. The van der Waals surface area contributed by atoms with Gasteiger partial charge in [-0.2, -0.15) is 0 Å². The van der Waals surface area contributed by atoms with Gasteiger partial charge in [-0.15, -0.1) is 0 Å². The van der Waals surface area contributed by atoms with Crippen molar-refractivity contribution in [1.82, 2.24) is 5.32 Å². The first-order chi connectivity index (χ1) is 9.11. The zero-order valence-electron chi connectivity index (χ0n) is 11.0. The molecule has 1 heterocycles. The van der Waals surface area contributed by atoms with Crippen LogP contribution in [-0.2, 0) is 6.42 Å². The molecule has 0 saturated carbocycles. The van der Waals surface area contributed by atoms with Gasteiger partial charge in [-0.25, -0.2) is 0 Å². The zero-order chi connectivity index (χ0) is 13.8. The second-order valence-electron chi connectivity index (χ2n) is 4.46. The van der Waals surface area contributed by atoms with E-state index < -0.39 is 0 Å². The molecule has 0 aliphatic carbocycles. The Morgan fingerprint density at radius 1 is 1.16 bits per heavy atom. The largest absolute Gasteiger partial charge is 0.465 e. The van der Waals surface area contributed by atoms with Gasteiger partial charge in [-0.1, -0.05) is 36.2 Å². The first-order valence-electron chi connectivity index (χ1n) is 6.34. The Kier molecular flexibility index (Phi) is 4.92. The van der Waals surface area contributed by atoms with E-state index in [1.807, 2.05) is 37.3 Å². The highest BCUT2D eigenvalue weighted by atomic mass is 35.5. The molecule has 0 spiro atoms. The number of likely N-dealkylation sites (N-methyl/N-ethyl adjacent to an activating group) is 1. The van der Waals surface area contributed by atoms with Crippen LogP contribution in [0.1, 0.15) is 30.0 Å². The van der Waals surface area contributed by atoms with Crippen molar-refractivity contribution in [3.63, 3.8) is 0 Å². The van der Waals surface area contributed by atoms with Crippen LogP contribution in [0, 0.1) is 6.92 Å². The molecule has 1 atom stereocenters. The van der Waals surface area contributed by atoms with Crippen LogP contribution in [0.25, 0.3) is 0 Å². The van der Waals surface area contributed by atoms with E-state index in [1.165, 1.54) is 0 Å². The summed E-state index contributed by atoms with van der Waals surface area (Å²) in [6.07, 6.45) is 0.708. The van der Waals surface area contributed by atoms with Gasteiger partial charge < -0.3 is 9.73 Å². The van der Waals surface area contributed by atoms with Crippen LogP contribution >= 0.6 is 23.2 Å². The number of nitrogens with one attached hydrogen (secondary N) is 1. The second kappa shape index (κ2) is 6.47. The topological polar surface area (TPSA) is 25.2 Å². The summed E-state index contributed by atoms with van der Waals surface area (Å²) in [5, 5.41) is 4.79. The highest BCUT2D eigenvalue weighted by molar-refractivity contribution is 6.36. The molecule has 1 aromatic carbocycles. The summed E-state index contributed by atoms with van der Waals surface area (Å²) in [5.74, 6) is 1.82. The summed E-state index contributed by atoms with van der Waals surface area (Å²) in [4.78, 5) is 0. The molecule has 0 bridgehead atoms. The molecule has 19 heavy (non-hydrogen) atoms. The van der Waals surface area contributed by atoms with Gasteiger partial charge >= 0.3 is 0 Å². The van der Waals surface area contributed by atoms with Crippen molar-refractivity contribution in [3.05, 3.63) is 57.5 Å². The Hall–Kier alpha value is -0.960. The second-order valence-corrected chi connectivity index (χ2v) is 5.28. The predicted molar refractivity (Wildman–Crippen MR) is 80.0 cm³/mol. The van der Waals surface area contributed by atoms with Gasteiger partial charge in [0.05, 0.1) is 6.04 Å². The van der Waals surface area contributed by atoms with Crippen LogP contribution in [0.2, 0.25) is 10.0 Å². The fourth-order valence-corrected chi connectivity index (χ4v) is 2.64. The van der Waals surface area contributed by atoms with Crippen molar-refractivity contribution in [1.29, 1.82) is 0 Å². The maximum absolute atomic E-state index is 6.22. The molecule has 1 aromatic heterocycles. The Bertz CT molecular complexity index is 531. The summed E-state index contributed by atoms with van der Waals surface area (Å²) in [5.41, 5.74) is 0.950. The van der Waals surface area contributed by atoms with E-state index in [4.69, 9.17) is 27.6 Å². The van der Waals surface area contributed by atoms with Gasteiger partial charge in [0.25, 0.3) is 0 Å². The lowest BCUT2D eigenvalue weighted by molar-refractivity contribution is 0.403. The highest BCUT2D eigenvalue weighted by Gasteiger charge is 2.18. The number of hydrogen-bond acceptors (Lipinski definition) is 2. The molecule has 102 valence electrons. The number of benzene rings is 1. The van der Waals surface area contributed by atoms with Crippen molar-refractivity contribution in [2.45, 2.75) is 26.3 Å². The minimum atomic E-state index is 0.0797. The van der Waals surface area contributed by atoms with Crippen LogP contribution < -0.4 is 5.32 Å². The SMILES string of the molecule is CCNC(Cc1c(Cl)cccc1Cl)c1ccc(C)o1. The molecule has 2 nitrogen and oxygen atoms in total. The van der Waals surface area contributed by atoms with Gasteiger partial charge in [0.2, 0.25) is 0 Å². The van der Waals surface area contributed by atoms with E-state index in [2.05, 4.69) is 12.2 Å². The van der Waals surface area contributed by atoms with E-state index in [0.717, 1.165) is 23.6 Å². The molecular formula is C15H17Cl2NO. The molecule has 0 aliphatic heterocycles. The number of rotatable bonds is 5. The van der Waals surface area contributed by atoms with Crippen LogP contribution in [0.15, 0.2) is 34.7 Å². The number of halogens is 2. The third-order valence-electron chi connectivity index (χ3n) is 3.03. The van der Waals surface area contributed by atoms with E-state index in [0.29, 0.717) is 16.5 Å². The van der Waals surface area contributed by atoms with Crippen molar-refractivity contribution < 1.29 is 4.42 Å². The van der Waals surface area contributed by atoms with Gasteiger partial charge in [0.15, 0.2) is 0 Å². The average molecular weight is 298 g/mol. The number of hydrogen-bond donors (Lipinski definition) is 1. The monoisotopic (exact) mass is 297 g/mol. The van der Waals surface area contributed by atoms with Crippen molar-refractivity contribution in [2.75, 3.05) is 6.54 Å². The van der Waals surface area contributed by atoms with E-state index in [-0.39, 0.29) is 6.04 Å². The molecule has 2 aromatic rings. The molecular weight excluding hydrogens is 281 g/mol. The molecule has 2 rings (SSSR count). The van der Waals surface area contributed by atoms with Crippen LogP contribution in [0.5, 0.6) is 0 Å². The molecule has 0 radical (unpaired) electrons. The summed E-state index contributed by atoms with van der Waals surface area (Å²) in [7, 11) is 0. The van der Waals surface area contributed by atoms with Crippen LogP contribution in [0.4, 0.5) is 0 Å². The predicted octanol–water partition coefficient (Wildman–Crippen LogP) is 4.79. The minimum absolute atomic E-state index is 0.0797. The molecule has 1 unspecified atom stereocenters. The Balaban J connectivity index is 2.26. The maximum Gasteiger partial charge on any atom is 0.121 e. The molecule has 0 saturated heterocycles. The van der Waals surface area contributed by atoms with Crippen molar-refractivity contribution >= 4 is 23.2 Å². The Morgan fingerprint density at radius 3 is 2.37 bits per heavy atom. The van der Waals surface area contributed by atoms with Crippen molar-refractivity contribution in [3.8, 4) is 0 Å². The quantitative estimate of drug-likeness (QED) is 0.858. The van der Waals surface area contributed by atoms with Gasteiger partial charge in [0, 0.05) is 10.0 Å². The van der Waals surface area contributed by atoms with E-state index in [1.54, 1.807) is 0 Å². The lowest BCUT2D eigenvalue weighted by Crippen LogP contribution is -2.22. The fraction of sp³-hybridized carbons (Fsp3) is 0.333. The first kappa shape index (κ1) is 14.4. The normalized spacial score (nSPS) is 12.6. The van der Waals surface area contributed by atoms with E-state index in [9.17, 15) is 0 Å². The summed E-state index contributed by atoms with van der Waals surface area (Å²) >= 11 is 12.4. The summed E-state index contributed by atoms with van der Waals surface area (Å²) < 4.78 is 5.70. The third-order valence-corrected chi connectivity index (χ3v) is 3.73. The highest BCUT2D eigenvalue weighted by Crippen LogP contribution is 2.29. The van der Waals surface area contributed by atoms with Gasteiger partial charge in [-0.3, -0.25) is 0 Å². The standard InChI is InChI=1S/C15H17Cl2NO/c1-3-18-14(15-8-7-10(2)19-15)9-11-12(16)5-4-6-13(11)17/h4-8,14,18H,3,9H2,1-2H3. The Labute approximate surface area is 123 Å². The van der Waals surface area contributed by atoms with E-state index >= 15 is 0 Å². The molecule has 1 N–H and O–H groups in total. The molecule has 0 fully saturated rings. The van der Waals surface area contributed by atoms with Crippen molar-refractivity contribution in [2.24, 2.45) is 0 Å². The molecule has 0 amide bonds. The molecule has 4 heteroatoms. The lowest BCUT2D eigenvalue weighted by atomic mass is 10.0. The summed E-state index contributed by atoms with van der Waals surface area (Å²) in [6.45, 7) is 4.86. The van der Waals surface area contributed by atoms with Gasteiger partial charge in [0.1, 0.15) is 11.5 Å². The maximum atomic E-state index is 6.22. The fourth-order valence-electron chi connectivity index (χ4n) is 2.09. The first-order valence-corrected chi connectivity index (χ1v) is 7.10. The summed E-state index contributed by atoms with van der Waals surface area (Å²) in [6, 6.07) is 9.61.